The normalized spacial score (nSPS) is 19.4. The molecule has 44 valence electrons. The van der Waals surface area contributed by atoms with Crippen molar-refractivity contribution in [2.75, 3.05) is 13.7 Å². The second-order valence-electron chi connectivity index (χ2n) is 1.68. The lowest BCUT2D eigenvalue weighted by molar-refractivity contribution is 0.163. The van der Waals surface area contributed by atoms with Crippen molar-refractivity contribution in [2.24, 2.45) is 0 Å². The molecule has 0 radical (unpaired) electrons. The largest absolute Gasteiger partial charge is 0.443 e. The molecular formula is C5H7NO2. The topological polar surface area (TPSA) is 29.5 Å². The molecule has 0 saturated carbocycles. The van der Waals surface area contributed by atoms with Gasteiger partial charge in [-0.3, -0.25) is 4.90 Å². The van der Waals surface area contributed by atoms with Crippen molar-refractivity contribution >= 4 is 6.09 Å². The zero-order chi connectivity index (χ0) is 6.15. The molecule has 1 fully saturated rings. The molecule has 3 nitrogen and oxygen atoms in total. The third-order valence-electron chi connectivity index (χ3n) is 1.11. The molecule has 1 aliphatic heterocycles. The highest BCUT2D eigenvalue weighted by molar-refractivity contribution is 5.72. The average Bonchev–Trinajstić information content (AvgIpc) is 1.98. The van der Waals surface area contributed by atoms with Crippen LogP contribution in [0.5, 0.6) is 0 Å². The van der Waals surface area contributed by atoms with Crippen LogP contribution >= 0.6 is 0 Å². The standard InChI is InChI=1S/C5H7NO2/c1-4-3-8-5(7)6(4)2/h1,3H2,2H3. The number of ether oxygens (including phenoxy) is 1. The maximum atomic E-state index is 10.4. The summed E-state index contributed by atoms with van der Waals surface area (Å²) in [5.74, 6) is 0. The van der Waals surface area contributed by atoms with Crippen LogP contribution in [0, 0.1) is 0 Å². The molecule has 0 aromatic carbocycles. The fourth-order valence-electron chi connectivity index (χ4n) is 0.468. The number of nitrogens with zero attached hydrogens (tertiary/aromatic N) is 1. The van der Waals surface area contributed by atoms with E-state index >= 15 is 0 Å². The third kappa shape index (κ3) is 0.559. The number of rotatable bonds is 0. The van der Waals surface area contributed by atoms with Crippen LogP contribution in [0.3, 0.4) is 0 Å². The van der Waals surface area contributed by atoms with Crippen LogP contribution in [0.2, 0.25) is 0 Å². The summed E-state index contributed by atoms with van der Waals surface area (Å²) in [6.07, 6.45) is -0.310. The van der Waals surface area contributed by atoms with Gasteiger partial charge in [-0.25, -0.2) is 4.79 Å². The molecule has 0 unspecified atom stereocenters. The van der Waals surface area contributed by atoms with Gasteiger partial charge in [0, 0.05) is 7.05 Å². The average molecular weight is 113 g/mol. The predicted molar refractivity (Wildman–Crippen MR) is 28.3 cm³/mol. The lowest BCUT2D eigenvalue weighted by atomic mass is 10.5. The summed E-state index contributed by atoms with van der Waals surface area (Å²) in [4.78, 5) is 11.8. The Labute approximate surface area is 47.5 Å². The number of carbonyl (C=O) groups excluding carboxylic acids is 1. The number of likely N-dealkylation sites (N-methyl/N-ethyl adjacent to an activating group) is 1. The van der Waals surface area contributed by atoms with E-state index < -0.39 is 0 Å². The van der Waals surface area contributed by atoms with E-state index in [-0.39, 0.29) is 6.09 Å². The number of cyclic esters (lactones) is 1. The first-order chi connectivity index (χ1) is 3.72. The zero-order valence-corrected chi connectivity index (χ0v) is 4.68. The van der Waals surface area contributed by atoms with E-state index in [1.54, 1.807) is 7.05 Å². The van der Waals surface area contributed by atoms with Crippen LogP contribution in [-0.2, 0) is 4.74 Å². The molecule has 0 N–H and O–H groups in total. The zero-order valence-electron chi connectivity index (χ0n) is 4.68. The van der Waals surface area contributed by atoms with Gasteiger partial charge < -0.3 is 4.74 Å². The monoisotopic (exact) mass is 113 g/mol. The smallest absolute Gasteiger partial charge is 0.414 e. The van der Waals surface area contributed by atoms with Gasteiger partial charge in [0.25, 0.3) is 0 Å². The Balaban J connectivity index is 2.70. The Morgan fingerprint density at radius 3 is 2.62 bits per heavy atom. The minimum atomic E-state index is -0.310. The van der Waals surface area contributed by atoms with Gasteiger partial charge in [0.05, 0.1) is 5.70 Å². The Morgan fingerprint density at radius 2 is 2.50 bits per heavy atom. The minimum Gasteiger partial charge on any atom is -0.443 e. The van der Waals surface area contributed by atoms with Gasteiger partial charge in [-0.2, -0.15) is 0 Å². The molecule has 0 bridgehead atoms. The Bertz CT molecular complexity index is 125. The van der Waals surface area contributed by atoms with E-state index in [2.05, 4.69) is 11.3 Å². The number of amides is 1. The van der Waals surface area contributed by atoms with Gasteiger partial charge in [0.15, 0.2) is 0 Å². The van der Waals surface area contributed by atoms with E-state index in [1.807, 2.05) is 0 Å². The second kappa shape index (κ2) is 1.51. The molecule has 0 aromatic rings. The summed E-state index contributed by atoms with van der Waals surface area (Å²) < 4.78 is 4.56. The molecule has 1 heterocycles. The van der Waals surface area contributed by atoms with Crippen molar-refractivity contribution in [2.45, 2.75) is 0 Å². The van der Waals surface area contributed by atoms with Crippen molar-refractivity contribution in [3.05, 3.63) is 12.3 Å². The second-order valence-corrected chi connectivity index (χ2v) is 1.68. The van der Waals surface area contributed by atoms with Gasteiger partial charge in [0.1, 0.15) is 6.61 Å². The number of hydrogen-bond donors (Lipinski definition) is 0. The summed E-state index contributed by atoms with van der Waals surface area (Å²) in [5, 5.41) is 0. The molecule has 8 heavy (non-hydrogen) atoms. The minimum absolute atomic E-state index is 0.310. The quantitative estimate of drug-likeness (QED) is 0.460. The molecular weight excluding hydrogens is 106 g/mol. The van der Waals surface area contributed by atoms with Gasteiger partial charge in [-0.15, -0.1) is 0 Å². The summed E-state index contributed by atoms with van der Waals surface area (Å²) in [6, 6.07) is 0. The van der Waals surface area contributed by atoms with Gasteiger partial charge >= 0.3 is 6.09 Å². The molecule has 1 rings (SSSR count). The van der Waals surface area contributed by atoms with Crippen molar-refractivity contribution in [3.63, 3.8) is 0 Å². The first-order valence-corrected chi connectivity index (χ1v) is 2.30. The summed E-state index contributed by atoms with van der Waals surface area (Å²) in [6.45, 7) is 3.91. The van der Waals surface area contributed by atoms with Crippen molar-refractivity contribution in [1.82, 2.24) is 4.90 Å². The molecule has 0 aliphatic carbocycles. The molecule has 1 aliphatic rings. The van der Waals surface area contributed by atoms with Crippen LogP contribution in [-0.4, -0.2) is 24.6 Å². The van der Waals surface area contributed by atoms with Gasteiger partial charge in [-0.05, 0) is 0 Å². The number of hydrogen-bond acceptors (Lipinski definition) is 2. The summed E-state index contributed by atoms with van der Waals surface area (Å²) in [5.41, 5.74) is 0.718. The van der Waals surface area contributed by atoms with E-state index in [0.717, 1.165) is 5.70 Å². The molecule has 3 heteroatoms. The van der Waals surface area contributed by atoms with E-state index in [0.29, 0.717) is 6.61 Å². The maximum Gasteiger partial charge on any atom is 0.414 e. The van der Waals surface area contributed by atoms with E-state index in [9.17, 15) is 4.79 Å². The first kappa shape index (κ1) is 5.15. The Hall–Kier alpha value is -0.990. The third-order valence-corrected chi connectivity index (χ3v) is 1.11. The molecule has 0 atom stereocenters. The van der Waals surface area contributed by atoms with E-state index in [4.69, 9.17) is 0 Å². The molecule has 0 aromatic heterocycles. The van der Waals surface area contributed by atoms with Crippen LogP contribution in [0.4, 0.5) is 4.79 Å². The van der Waals surface area contributed by atoms with E-state index in [1.165, 1.54) is 4.90 Å². The summed E-state index contributed by atoms with van der Waals surface area (Å²) >= 11 is 0. The molecule has 1 amide bonds. The van der Waals surface area contributed by atoms with Crippen LogP contribution in [0.1, 0.15) is 0 Å². The van der Waals surface area contributed by atoms with Crippen LogP contribution in [0.25, 0.3) is 0 Å². The van der Waals surface area contributed by atoms with Crippen molar-refractivity contribution < 1.29 is 9.53 Å². The Kier molecular flexibility index (Phi) is 0.970. The predicted octanol–water partition coefficient (Wildman–Crippen LogP) is 0.582. The maximum absolute atomic E-state index is 10.4. The Morgan fingerprint density at radius 1 is 1.88 bits per heavy atom. The SMILES string of the molecule is C=C1COC(=O)N1C. The fourth-order valence-corrected chi connectivity index (χ4v) is 0.468. The molecule has 0 spiro atoms. The highest BCUT2D eigenvalue weighted by Crippen LogP contribution is 2.09. The molecule has 1 saturated heterocycles. The van der Waals surface area contributed by atoms with Crippen LogP contribution in [0.15, 0.2) is 12.3 Å². The lowest BCUT2D eigenvalue weighted by Gasteiger charge is -2.01. The van der Waals surface area contributed by atoms with Gasteiger partial charge in [0.2, 0.25) is 0 Å². The van der Waals surface area contributed by atoms with Gasteiger partial charge in [-0.1, -0.05) is 6.58 Å². The highest BCUT2D eigenvalue weighted by atomic mass is 16.6. The first-order valence-electron chi connectivity index (χ1n) is 2.30. The fraction of sp³-hybridized carbons (Fsp3) is 0.400. The van der Waals surface area contributed by atoms with Crippen LogP contribution < -0.4 is 0 Å². The van der Waals surface area contributed by atoms with Crippen molar-refractivity contribution in [1.29, 1.82) is 0 Å². The highest BCUT2D eigenvalue weighted by Gasteiger charge is 2.20. The lowest BCUT2D eigenvalue weighted by Crippen LogP contribution is -2.15. The van der Waals surface area contributed by atoms with Crippen molar-refractivity contribution in [3.8, 4) is 0 Å². The summed E-state index contributed by atoms with van der Waals surface area (Å²) in [7, 11) is 1.64. The number of carbonyl (C=O) groups is 1.